The third-order valence-electron chi connectivity index (χ3n) is 5.75. The van der Waals surface area contributed by atoms with E-state index < -0.39 is 0 Å². The van der Waals surface area contributed by atoms with Crippen molar-refractivity contribution in [2.75, 3.05) is 22.9 Å². The number of fused-ring (bicyclic) bond motifs is 1. The van der Waals surface area contributed by atoms with E-state index in [1.807, 2.05) is 35.4 Å². The molecule has 4 heteroatoms. The van der Waals surface area contributed by atoms with Gasteiger partial charge in [-0.15, -0.1) is 0 Å². The van der Waals surface area contributed by atoms with Crippen LogP contribution in [0.3, 0.4) is 0 Å². The van der Waals surface area contributed by atoms with Crippen molar-refractivity contribution in [3.8, 4) is 0 Å². The monoisotopic (exact) mass is 349 g/mol. The molecule has 0 N–H and O–H groups in total. The molecule has 3 heterocycles. The first kappa shape index (κ1) is 17.1. The van der Waals surface area contributed by atoms with Crippen LogP contribution >= 0.6 is 0 Å². The van der Waals surface area contributed by atoms with Crippen molar-refractivity contribution in [1.82, 2.24) is 4.98 Å². The highest BCUT2D eigenvalue weighted by molar-refractivity contribution is 6.05. The Morgan fingerprint density at radius 2 is 2.00 bits per heavy atom. The fraction of sp³-hybridized carbons (Fsp3) is 0.455. The summed E-state index contributed by atoms with van der Waals surface area (Å²) >= 11 is 0. The van der Waals surface area contributed by atoms with Crippen molar-refractivity contribution in [2.24, 2.45) is 0 Å². The molecule has 1 amide bonds. The number of piperidine rings is 1. The zero-order valence-electron chi connectivity index (χ0n) is 15.5. The minimum Gasteiger partial charge on any atom is -0.367 e. The van der Waals surface area contributed by atoms with Crippen molar-refractivity contribution >= 4 is 17.3 Å². The number of amides is 1. The summed E-state index contributed by atoms with van der Waals surface area (Å²) in [6, 6.07) is 12.8. The summed E-state index contributed by atoms with van der Waals surface area (Å²) in [5.41, 5.74) is 3.97. The third-order valence-corrected chi connectivity index (χ3v) is 5.75. The van der Waals surface area contributed by atoms with Gasteiger partial charge in [0.25, 0.3) is 5.91 Å². The lowest BCUT2D eigenvalue weighted by molar-refractivity contribution is 0.0980. The lowest BCUT2D eigenvalue weighted by Crippen LogP contribution is -2.39. The normalized spacial score (nSPS) is 20.0. The molecule has 0 spiro atoms. The summed E-state index contributed by atoms with van der Waals surface area (Å²) < 4.78 is 0. The van der Waals surface area contributed by atoms with E-state index in [4.69, 9.17) is 0 Å². The van der Waals surface area contributed by atoms with Gasteiger partial charge < -0.3 is 9.80 Å². The lowest BCUT2D eigenvalue weighted by Gasteiger charge is -2.37. The van der Waals surface area contributed by atoms with E-state index in [0.717, 1.165) is 43.7 Å². The van der Waals surface area contributed by atoms with Gasteiger partial charge in [-0.2, -0.15) is 0 Å². The molecule has 26 heavy (non-hydrogen) atoms. The van der Waals surface area contributed by atoms with Crippen molar-refractivity contribution < 1.29 is 4.79 Å². The Morgan fingerprint density at radius 3 is 2.81 bits per heavy atom. The van der Waals surface area contributed by atoms with E-state index in [-0.39, 0.29) is 5.91 Å². The molecule has 0 bridgehead atoms. The van der Waals surface area contributed by atoms with Gasteiger partial charge in [-0.3, -0.25) is 4.79 Å². The van der Waals surface area contributed by atoms with Gasteiger partial charge in [0, 0.05) is 24.8 Å². The van der Waals surface area contributed by atoms with Crippen molar-refractivity contribution in [2.45, 2.75) is 51.5 Å². The number of hydrogen-bond donors (Lipinski definition) is 0. The summed E-state index contributed by atoms with van der Waals surface area (Å²) in [6.45, 7) is 4.11. The Bertz CT molecular complexity index is 771. The number of para-hydroxylation sites is 1. The average Bonchev–Trinajstić information content (AvgIpc) is 2.73. The molecule has 4 rings (SSSR count). The molecule has 2 aromatic rings. The fourth-order valence-corrected chi connectivity index (χ4v) is 4.33. The number of aryl methyl sites for hydroxylation is 1. The molecule has 1 saturated heterocycles. The van der Waals surface area contributed by atoms with Crippen LogP contribution < -0.4 is 9.80 Å². The predicted octanol–water partition coefficient (Wildman–Crippen LogP) is 4.44. The van der Waals surface area contributed by atoms with E-state index in [9.17, 15) is 4.79 Å². The zero-order valence-corrected chi connectivity index (χ0v) is 15.5. The second kappa shape index (κ2) is 7.48. The largest absolute Gasteiger partial charge is 0.367 e. The molecular weight excluding hydrogens is 322 g/mol. The number of hydrogen-bond acceptors (Lipinski definition) is 3. The minimum atomic E-state index is 0.00869. The first-order valence-electron chi connectivity index (χ1n) is 9.90. The molecule has 136 valence electrons. The number of nitrogens with zero attached hydrogens (tertiary/aromatic N) is 3. The smallest absolute Gasteiger partial charge is 0.276 e. The van der Waals surface area contributed by atoms with Crippen LogP contribution in [0.1, 0.15) is 55.1 Å². The van der Waals surface area contributed by atoms with Gasteiger partial charge in [0.15, 0.2) is 0 Å². The van der Waals surface area contributed by atoms with E-state index in [1.165, 1.54) is 24.8 Å². The Morgan fingerprint density at radius 1 is 1.12 bits per heavy atom. The first-order chi connectivity index (χ1) is 12.8. The number of benzene rings is 1. The van der Waals surface area contributed by atoms with Gasteiger partial charge >= 0.3 is 0 Å². The Hall–Kier alpha value is -2.36. The van der Waals surface area contributed by atoms with Gasteiger partial charge in [0.1, 0.15) is 5.69 Å². The van der Waals surface area contributed by atoms with Gasteiger partial charge in [0.05, 0.1) is 11.9 Å². The number of aromatic nitrogens is 1. The number of carbonyl (C=O) groups excluding carboxylic acids is 1. The Kier molecular flexibility index (Phi) is 4.91. The van der Waals surface area contributed by atoms with Crippen LogP contribution in [-0.2, 0) is 6.42 Å². The summed E-state index contributed by atoms with van der Waals surface area (Å²) in [7, 11) is 0. The van der Waals surface area contributed by atoms with E-state index in [1.54, 1.807) is 0 Å². The van der Waals surface area contributed by atoms with E-state index in [2.05, 4.69) is 28.9 Å². The minimum absolute atomic E-state index is 0.00869. The van der Waals surface area contributed by atoms with Gasteiger partial charge in [-0.25, -0.2) is 4.98 Å². The Balaban J connectivity index is 1.55. The highest BCUT2D eigenvalue weighted by atomic mass is 16.2. The molecule has 1 atom stereocenters. The molecule has 1 aromatic carbocycles. The summed E-state index contributed by atoms with van der Waals surface area (Å²) in [5.74, 6) is 0.00869. The van der Waals surface area contributed by atoms with E-state index in [0.29, 0.717) is 11.7 Å². The lowest BCUT2D eigenvalue weighted by atomic mass is 9.99. The number of rotatable bonds is 3. The van der Waals surface area contributed by atoms with Crippen LogP contribution in [-0.4, -0.2) is 30.0 Å². The summed E-state index contributed by atoms with van der Waals surface area (Å²) in [4.78, 5) is 21.9. The molecule has 2 aliphatic rings. The molecule has 2 aliphatic heterocycles. The van der Waals surface area contributed by atoms with Crippen LogP contribution in [0.15, 0.2) is 42.6 Å². The Labute approximate surface area is 155 Å². The zero-order chi connectivity index (χ0) is 17.9. The van der Waals surface area contributed by atoms with Gasteiger partial charge in [-0.05, 0) is 62.3 Å². The molecular formula is C22H27N3O. The quantitative estimate of drug-likeness (QED) is 0.822. The van der Waals surface area contributed by atoms with Crippen molar-refractivity contribution in [3.63, 3.8) is 0 Å². The molecule has 1 unspecified atom stereocenters. The highest BCUT2D eigenvalue weighted by Crippen LogP contribution is 2.29. The fourth-order valence-electron chi connectivity index (χ4n) is 4.33. The average molecular weight is 349 g/mol. The second-order valence-corrected chi connectivity index (χ2v) is 7.34. The second-order valence-electron chi connectivity index (χ2n) is 7.34. The van der Waals surface area contributed by atoms with Gasteiger partial charge in [-0.1, -0.05) is 25.1 Å². The van der Waals surface area contributed by atoms with Crippen LogP contribution in [0.5, 0.6) is 0 Å². The van der Waals surface area contributed by atoms with Crippen molar-refractivity contribution in [3.05, 3.63) is 53.9 Å². The summed E-state index contributed by atoms with van der Waals surface area (Å²) in [6.07, 6.45) is 8.89. The topological polar surface area (TPSA) is 36.4 Å². The maximum atomic E-state index is 13.0. The van der Waals surface area contributed by atoms with Gasteiger partial charge in [0.2, 0.25) is 0 Å². The highest BCUT2D eigenvalue weighted by Gasteiger charge is 2.25. The standard InChI is InChI=1S/C22H27N3O/c1-2-18-10-5-6-14-24(18)19-12-13-20(23-16-19)22(26)25-15-7-9-17-8-3-4-11-21(17)25/h3-4,8,11-13,16,18H,2,5-7,9-10,14-15H2,1H3. The molecule has 0 aliphatic carbocycles. The van der Waals surface area contributed by atoms with Crippen molar-refractivity contribution in [1.29, 1.82) is 0 Å². The maximum Gasteiger partial charge on any atom is 0.276 e. The molecule has 0 saturated carbocycles. The molecule has 4 nitrogen and oxygen atoms in total. The molecule has 0 radical (unpaired) electrons. The number of pyridine rings is 1. The third kappa shape index (κ3) is 3.20. The van der Waals surface area contributed by atoms with Crippen LogP contribution in [0.2, 0.25) is 0 Å². The first-order valence-corrected chi connectivity index (χ1v) is 9.90. The maximum absolute atomic E-state index is 13.0. The number of anilines is 2. The van der Waals surface area contributed by atoms with E-state index >= 15 is 0 Å². The van der Waals surface area contributed by atoms with Crippen LogP contribution in [0.4, 0.5) is 11.4 Å². The van der Waals surface area contributed by atoms with Crippen LogP contribution in [0, 0.1) is 0 Å². The summed E-state index contributed by atoms with van der Waals surface area (Å²) in [5, 5.41) is 0. The molecule has 1 aromatic heterocycles. The van der Waals surface area contributed by atoms with Crippen LogP contribution in [0.25, 0.3) is 0 Å². The number of carbonyl (C=O) groups is 1. The predicted molar refractivity (Wildman–Crippen MR) is 106 cm³/mol. The SMILES string of the molecule is CCC1CCCCN1c1ccc(C(=O)N2CCCc3ccccc32)nc1. The molecule has 1 fully saturated rings.